The third-order valence-corrected chi connectivity index (χ3v) is 2.56. The lowest BCUT2D eigenvalue weighted by atomic mass is 9.99. The van der Waals surface area contributed by atoms with Crippen LogP contribution in [0.3, 0.4) is 0 Å². The summed E-state index contributed by atoms with van der Waals surface area (Å²) in [5, 5.41) is 0. The lowest BCUT2D eigenvalue weighted by molar-refractivity contribution is 0.0850. The Hall–Kier alpha value is -1.64. The fourth-order valence-corrected chi connectivity index (χ4v) is 1.72. The van der Waals surface area contributed by atoms with Crippen LogP contribution in [-0.4, -0.2) is 0 Å². The lowest BCUT2D eigenvalue weighted by Gasteiger charge is -2.06. The van der Waals surface area contributed by atoms with E-state index in [0.717, 1.165) is 11.1 Å². The Morgan fingerprint density at radius 2 is 1.00 bits per heavy atom. The van der Waals surface area contributed by atoms with Crippen molar-refractivity contribution in [2.24, 2.45) is 0 Å². The van der Waals surface area contributed by atoms with Crippen LogP contribution in [0, 0.1) is 0 Å². The van der Waals surface area contributed by atoms with Gasteiger partial charge in [0.1, 0.15) is 0 Å². The first-order valence-electron chi connectivity index (χ1n) is 4.90. The molecule has 0 unspecified atom stereocenters. The van der Waals surface area contributed by atoms with Crippen LogP contribution in [0.15, 0.2) is 60.7 Å². The molecule has 1 heterocycles. The van der Waals surface area contributed by atoms with Crippen LogP contribution in [0.4, 0.5) is 0 Å². The number of benzene rings is 2. The number of rotatable bonds is 2. The maximum absolute atomic E-state index is 5.17. The summed E-state index contributed by atoms with van der Waals surface area (Å²) in [5.41, 5.74) is 2.05. The van der Waals surface area contributed by atoms with Crippen molar-refractivity contribution in [2.45, 2.75) is 5.79 Å². The second-order valence-corrected chi connectivity index (χ2v) is 3.52. The lowest BCUT2D eigenvalue weighted by Crippen LogP contribution is -2.09. The number of hydrogen-bond acceptors (Lipinski definition) is 2. The monoisotopic (exact) mass is 198 g/mol. The Kier molecular flexibility index (Phi) is 1.84. The van der Waals surface area contributed by atoms with Gasteiger partial charge in [-0.25, -0.2) is 0 Å². The molecule has 0 bridgehead atoms. The Morgan fingerprint density at radius 1 is 0.600 bits per heavy atom. The third kappa shape index (κ3) is 1.35. The van der Waals surface area contributed by atoms with E-state index in [9.17, 15) is 0 Å². The quantitative estimate of drug-likeness (QED) is 0.547. The van der Waals surface area contributed by atoms with E-state index in [-0.39, 0.29) is 0 Å². The molecule has 2 aromatic rings. The van der Waals surface area contributed by atoms with Gasteiger partial charge < -0.3 is 0 Å². The maximum atomic E-state index is 5.17. The second-order valence-electron chi connectivity index (χ2n) is 3.52. The summed E-state index contributed by atoms with van der Waals surface area (Å²) in [6, 6.07) is 19.9. The van der Waals surface area contributed by atoms with E-state index in [2.05, 4.69) is 0 Å². The van der Waals surface area contributed by atoms with Crippen LogP contribution < -0.4 is 0 Å². The normalized spacial score (nSPS) is 17.3. The Balaban J connectivity index is 2.06. The minimum absolute atomic E-state index is 0.664. The molecule has 0 N–H and O–H groups in total. The van der Waals surface area contributed by atoms with E-state index in [1.54, 1.807) is 0 Å². The molecule has 0 radical (unpaired) electrons. The van der Waals surface area contributed by atoms with Crippen molar-refractivity contribution in [1.29, 1.82) is 0 Å². The van der Waals surface area contributed by atoms with Gasteiger partial charge in [0, 0.05) is 11.1 Å². The molecule has 0 saturated carbocycles. The van der Waals surface area contributed by atoms with Crippen molar-refractivity contribution < 1.29 is 9.78 Å². The SMILES string of the molecule is c1ccc(C2(c3ccccc3)OO2)cc1. The highest BCUT2D eigenvalue weighted by Gasteiger charge is 2.52. The van der Waals surface area contributed by atoms with Crippen molar-refractivity contribution in [3.63, 3.8) is 0 Å². The van der Waals surface area contributed by atoms with E-state index in [1.165, 1.54) is 0 Å². The molecule has 0 spiro atoms. The van der Waals surface area contributed by atoms with Gasteiger partial charge in [-0.1, -0.05) is 60.7 Å². The molecule has 0 aromatic heterocycles. The third-order valence-electron chi connectivity index (χ3n) is 2.56. The minimum atomic E-state index is -0.664. The summed E-state index contributed by atoms with van der Waals surface area (Å²) >= 11 is 0. The molecule has 0 amide bonds. The fourth-order valence-electron chi connectivity index (χ4n) is 1.72. The zero-order valence-corrected chi connectivity index (χ0v) is 8.09. The van der Waals surface area contributed by atoms with Crippen LogP contribution in [0.1, 0.15) is 11.1 Å². The van der Waals surface area contributed by atoms with Crippen molar-refractivity contribution in [1.82, 2.24) is 0 Å². The summed E-state index contributed by atoms with van der Waals surface area (Å²) in [5.74, 6) is -0.664. The van der Waals surface area contributed by atoms with Crippen LogP contribution in [0.25, 0.3) is 0 Å². The highest BCUT2D eigenvalue weighted by atomic mass is 17.4. The summed E-state index contributed by atoms with van der Waals surface area (Å²) in [6.07, 6.45) is 0. The fraction of sp³-hybridized carbons (Fsp3) is 0.0769. The maximum Gasteiger partial charge on any atom is 0.284 e. The van der Waals surface area contributed by atoms with Crippen molar-refractivity contribution in [2.75, 3.05) is 0 Å². The summed E-state index contributed by atoms with van der Waals surface area (Å²) in [4.78, 5) is 10.3. The summed E-state index contributed by atoms with van der Waals surface area (Å²) < 4.78 is 0. The summed E-state index contributed by atoms with van der Waals surface area (Å²) in [6.45, 7) is 0. The van der Waals surface area contributed by atoms with Crippen molar-refractivity contribution in [3.8, 4) is 0 Å². The van der Waals surface area contributed by atoms with Gasteiger partial charge in [-0.15, -0.1) is 0 Å². The minimum Gasteiger partial charge on any atom is -0.184 e. The molecule has 2 aromatic carbocycles. The average molecular weight is 198 g/mol. The molecule has 2 nitrogen and oxygen atoms in total. The molecule has 15 heavy (non-hydrogen) atoms. The topological polar surface area (TPSA) is 25.1 Å². The second kappa shape index (κ2) is 3.19. The molecule has 0 atom stereocenters. The Labute approximate surface area is 88.0 Å². The van der Waals surface area contributed by atoms with Crippen LogP contribution in [0.2, 0.25) is 0 Å². The molecule has 1 saturated heterocycles. The van der Waals surface area contributed by atoms with E-state index in [1.807, 2.05) is 60.7 Å². The van der Waals surface area contributed by atoms with Crippen LogP contribution in [0.5, 0.6) is 0 Å². The highest BCUT2D eigenvalue weighted by molar-refractivity contribution is 5.35. The van der Waals surface area contributed by atoms with Gasteiger partial charge in [0.25, 0.3) is 5.79 Å². The van der Waals surface area contributed by atoms with Gasteiger partial charge in [-0.05, 0) is 0 Å². The van der Waals surface area contributed by atoms with E-state index >= 15 is 0 Å². The van der Waals surface area contributed by atoms with Gasteiger partial charge in [0.05, 0.1) is 0 Å². The summed E-state index contributed by atoms with van der Waals surface area (Å²) in [7, 11) is 0. The smallest absolute Gasteiger partial charge is 0.184 e. The van der Waals surface area contributed by atoms with E-state index in [4.69, 9.17) is 9.78 Å². The molecule has 0 aliphatic carbocycles. The molecule has 74 valence electrons. The molecular formula is C13H10O2. The van der Waals surface area contributed by atoms with E-state index < -0.39 is 5.79 Å². The molecule has 1 aliphatic heterocycles. The standard InChI is InChI=1S/C13H10O2/c1-3-7-11(8-4-1)13(14-15-13)12-9-5-2-6-10-12/h1-10H. The first-order chi connectivity index (χ1) is 7.42. The van der Waals surface area contributed by atoms with Crippen molar-refractivity contribution >= 4 is 0 Å². The molecule has 1 aliphatic rings. The van der Waals surface area contributed by atoms with Gasteiger partial charge in [-0.3, -0.25) is 0 Å². The Morgan fingerprint density at radius 3 is 1.33 bits per heavy atom. The zero-order chi connectivity index (χ0) is 10.1. The van der Waals surface area contributed by atoms with Gasteiger partial charge >= 0.3 is 0 Å². The van der Waals surface area contributed by atoms with Gasteiger partial charge in [-0.2, -0.15) is 9.78 Å². The predicted molar refractivity (Wildman–Crippen MR) is 55.8 cm³/mol. The Bertz CT molecular complexity index is 405. The van der Waals surface area contributed by atoms with Gasteiger partial charge in [0.2, 0.25) is 0 Å². The molecule has 2 heteroatoms. The largest absolute Gasteiger partial charge is 0.284 e. The van der Waals surface area contributed by atoms with Gasteiger partial charge in [0.15, 0.2) is 0 Å². The highest BCUT2D eigenvalue weighted by Crippen LogP contribution is 2.46. The van der Waals surface area contributed by atoms with Crippen LogP contribution >= 0.6 is 0 Å². The number of hydrogen-bond donors (Lipinski definition) is 0. The van der Waals surface area contributed by atoms with E-state index in [0.29, 0.717) is 0 Å². The average Bonchev–Trinajstić information content (AvgIpc) is 3.13. The molecule has 1 fully saturated rings. The first-order valence-corrected chi connectivity index (χ1v) is 4.90. The molecular weight excluding hydrogens is 188 g/mol. The van der Waals surface area contributed by atoms with Crippen molar-refractivity contribution in [3.05, 3.63) is 71.8 Å². The predicted octanol–water partition coefficient (Wildman–Crippen LogP) is 2.85. The molecule has 3 rings (SSSR count). The zero-order valence-electron chi connectivity index (χ0n) is 8.09. The first kappa shape index (κ1) is 8.65. The van der Waals surface area contributed by atoms with Crippen LogP contribution in [-0.2, 0) is 15.6 Å².